The predicted molar refractivity (Wildman–Crippen MR) is 88.3 cm³/mol. The Balaban J connectivity index is 2.78. The van der Waals surface area contributed by atoms with E-state index < -0.39 is 24.0 Å². The first kappa shape index (κ1) is 19.3. The van der Waals surface area contributed by atoms with Gasteiger partial charge in [-0.2, -0.15) is 0 Å². The van der Waals surface area contributed by atoms with Gasteiger partial charge in [-0.25, -0.2) is 0 Å². The molecule has 1 rings (SSSR count). The monoisotopic (exact) mass is 342 g/mol. The number of halogens is 1. The molecule has 2 amide bonds. The molecule has 1 aromatic carbocycles. The lowest BCUT2D eigenvalue weighted by molar-refractivity contribution is -0.133. The Hall–Kier alpha value is -1.79. The van der Waals surface area contributed by atoms with Crippen molar-refractivity contribution < 1.29 is 19.4 Å². The van der Waals surface area contributed by atoms with Crippen LogP contribution in [0.1, 0.15) is 25.8 Å². The zero-order chi connectivity index (χ0) is 17.6. The zero-order valence-corrected chi connectivity index (χ0v) is 14.3. The molecule has 1 aromatic rings. The first-order valence-corrected chi connectivity index (χ1v) is 7.72. The number of rotatable bonds is 8. The summed E-state index contributed by atoms with van der Waals surface area (Å²) in [5, 5.41) is 12.7. The third kappa shape index (κ3) is 6.08. The van der Waals surface area contributed by atoms with Gasteiger partial charge in [-0.3, -0.25) is 9.59 Å². The average Bonchev–Trinajstić information content (AvgIpc) is 2.45. The molecule has 0 aliphatic heterocycles. The number of ether oxygens (including phenoxy) is 1. The highest BCUT2D eigenvalue weighted by Crippen LogP contribution is 2.25. The minimum Gasteiger partial charge on any atom is -0.495 e. The molecule has 0 heterocycles. The molecular weight excluding hydrogens is 320 g/mol. The van der Waals surface area contributed by atoms with Crippen LogP contribution in [0.3, 0.4) is 0 Å². The van der Waals surface area contributed by atoms with Gasteiger partial charge in [-0.05, 0) is 30.0 Å². The number of nitrogens with one attached hydrogen (secondary N) is 1. The summed E-state index contributed by atoms with van der Waals surface area (Å²) in [5.74, 6) is -0.616. The van der Waals surface area contributed by atoms with Crippen molar-refractivity contribution in [2.24, 2.45) is 11.7 Å². The lowest BCUT2D eigenvalue weighted by Gasteiger charge is -2.19. The van der Waals surface area contributed by atoms with E-state index in [0.29, 0.717) is 17.2 Å². The van der Waals surface area contributed by atoms with Crippen LogP contribution < -0.4 is 15.8 Å². The first-order valence-electron chi connectivity index (χ1n) is 7.34. The van der Waals surface area contributed by atoms with Crippen molar-refractivity contribution in [2.75, 3.05) is 7.11 Å². The van der Waals surface area contributed by atoms with Crippen LogP contribution >= 0.6 is 11.6 Å². The van der Waals surface area contributed by atoms with E-state index in [1.165, 1.54) is 7.11 Å². The normalized spacial score (nSPS) is 13.5. The second-order valence-electron chi connectivity index (χ2n) is 5.78. The maximum absolute atomic E-state index is 11.9. The molecule has 4 N–H and O–H groups in total. The van der Waals surface area contributed by atoms with Crippen LogP contribution in [-0.2, 0) is 16.0 Å². The summed E-state index contributed by atoms with van der Waals surface area (Å²) in [4.78, 5) is 23.5. The molecule has 0 aromatic heterocycles. The van der Waals surface area contributed by atoms with Gasteiger partial charge in [0, 0.05) is 6.42 Å². The van der Waals surface area contributed by atoms with E-state index in [1.807, 2.05) is 13.8 Å². The van der Waals surface area contributed by atoms with Crippen LogP contribution in [0.5, 0.6) is 5.75 Å². The zero-order valence-electron chi connectivity index (χ0n) is 13.5. The fourth-order valence-corrected chi connectivity index (χ4v) is 2.40. The van der Waals surface area contributed by atoms with E-state index >= 15 is 0 Å². The Kier molecular flexibility index (Phi) is 7.32. The third-order valence-corrected chi connectivity index (χ3v) is 3.61. The molecule has 0 spiro atoms. The molecule has 0 unspecified atom stereocenters. The molecule has 0 bridgehead atoms. The number of primary amides is 1. The Labute approximate surface area is 141 Å². The highest BCUT2D eigenvalue weighted by molar-refractivity contribution is 6.32. The van der Waals surface area contributed by atoms with Gasteiger partial charge < -0.3 is 20.9 Å². The third-order valence-electron chi connectivity index (χ3n) is 3.31. The highest BCUT2D eigenvalue weighted by atomic mass is 35.5. The van der Waals surface area contributed by atoms with Crippen LogP contribution in [0.15, 0.2) is 18.2 Å². The molecule has 0 aliphatic rings. The fourth-order valence-electron chi connectivity index (χ4n) is 2.12. The van der Waals surface area contributed by atoms with Crippen molar-refractivity contribution in [1.82, 2.24) is 5.32 Å². The molecule has 0 fully saturated rings. The summed E-state index contributed by atoms with van der Waals surface area (Å²) in [6.45, 7) is 3.78. The van der Waals surface area contributed by atoms with Gasteiger partial charge in [0.15, 0.2) is 0 Å². The number of aliphatic hydroxyl groups is 1. The van der Waals surface area contributed by atoms with Crippen molar-refractivity contribution in [3.05, 3.63) is 28.8 Å². The number of carbonyl (C=O) groups excluding carboxylic acids is 2. The summed E-state index contributed by atoms with van der Waals surface area (Å²) in [6, 6.07) is 4.13. The van der Waals surface area contributed by atoms with Gasteiger partial charge in [0.25, 0.3) is 0 Å². The van der Waals surface area contributed by atoms with Crippen molar-refractivity contribution in [1.29, 1.82) is 0 Å². The summed E-state index contributed by atoms with van der Waals surface area (Å²) < 4.78 is 5.06. The molecule has 6 nitrogen and oxygen atoms in total. The van der Waals surface area contributed by atoms with E-state index in [4.69, 9.17) is 22.1 Å². The first-order chi connectivity index (χ1) is 10.7. The molecule has 0 saturated heterocycles. The van der Waals surface area contributed by atoms with Crippen LogP contribution in [0.2, 0.25) is 5.02 Å². The number of hydrogen-bond acceptors (Lipinski definition) is 4. The van der Waals surface area contributed by atoms with E-state index in [2.05, 4.69) is 5.32 Å². The van der Waals surface area contributed by atoms with Crippen molar-refractivity contribution >= 4 is 23.4 Å². The van der Waals surface area contributed by atoms with Crippen LogP contribution in [0.4, 0.5) is 0 Å². The van der Waals surface area contributed by atoms with Gasteiger partial charge in [0.05, 0.1) is 12.1 Å². The van der Waals surface area contributed by atoms with Crippen LogP contribution in [0.25, 0.3) is 0 Å². The van der Waals surface area contributed by atoms with Gasteiger partial charge in [0.1, 0.15) is 17.9 Å². The number of hydrogen-bond donors (Lipinski definition) is 3. The molecule has 7 heteroatoms. The van der Waals surface area contributed by atoms with E-state index in [0.717, 1.165) is 5.56 Å². The van der Waals surface area contributed by atoms with E-state index in [-0.39, 0.29) is 12.3 Å². The minimum absolute atomic E-state index is 0.156. The summed E-state index contributed by atoms with van der Waals surface area (Å²) in [7, 11) is 1.50. The number of aliphatic hydroxyl groups excluding tert-OH is 1. The smallest absolute Gasteiger partial charge is 0.249 e. The quantitative estimate of drug-likeness (QED) is 0.662. The second-order valence-corrected chi connectivity index (χ2v) is 6.19. The molecule has 0 radical (unpaired) electrons. The average molecular weight is 343 g/mol. The summed E-state index contributed by atoms with van der Waals surface area (Å²) >= 11 is 6.04. The molecule has 128 valence electrons. The van der Waals surface area contributed by atoms with Crippen molar-refractivity contribution in [3.63, 3.8) is 0 Å². The minimum atomic E-state index is -1.17. The Morgan fingerprint density at radius 3 is 2.52 bits per heavy atom. The summed E-state index contributed by atoms with van der Waals surface area (Å²) in [5.41, 5.74) is 6.06. The number of amides is 2. The van der Waals surface area contributed by atoms with Gasteiger partial charge in [0.2, 0.25) is 11.8 Å². The van der Waals surface area contributed by atoms with E-state index in [9.17, 15) is 14.7 Å². The molecule has 23 heavy (non-hydrogen) atoms. The van der Waals surface area contributed by atoms with Crippen molar-refractivity contribution in [2.45, 2.75) is 38.8 Å². The van der Waals surface area contributed by atoms with Crippen molar-refractivity contribution in [3.8, 4) is 5.75 Å². The van der Waals surface area contributed by atoms with Gasteiger partial charge in [-0.1, -0.05) is 31.5 Å². The largest absolute Gasteiger partial charge is 0.495 e. The maximum atomic E-state index is 11.9. The topological polar surface area (TPSA) is 102 Å². The molecule has 2 atom stereocenters. The second kappa shape index (κ2) is 8.74. The lowest BCUT2D eigenvalue weighted by atomic mass is 10.0. The highest BCUT2D eigenvalue weighted by Gasteiger charge is 2.23. The standard InChI is InChI=1S/C16H23ClN2O4/c1-9(2)6-13(20)16(22)19-12(15(18)21)8-10-4-5-14(23-3)11(17)7-10/h4-5,7,9,12-13,20H,6,8H2,1-3H3,(H2,18,21)(H,19,22)/t12-,13+/m0/s1. The number of nitrogens with two attached hydrogens (primary N) is 1. The number of carbonyl (C=O) groups is 2. The number of methoxy groups -OCH3 is 1. The lowest BCUT2D eigenvalue weighted by Crippen LogP contribution is -2.49. The molecular formula is C16H23ClN2O4. The fraction of sp³-hybridized carbons (Fsp3) is 0.500. The Morgan fingerprint density at radius 2 is 2.04 bits per heavy atom. The van der Waals surface area contributed by atoms with Gasteiger partial charge in [-0.15, -0.1) is 0 Å². The maximum Gasteiger partial charge on any atom is 0.249 e. The van der Waals surface area contributed by atoms with Crippen LogP contribution in [0, 0.1) is 5.92 Å². The molecule has 0 saturated carbocycles. The predicted octanol–water partition coefficient (Wildman–Crippen LogP) is 1.27. The Morgan fingerprint density at radius 1 is 1.39 bits per heavy atom. The van der Waals surface area contributed by atoms with E-state index in [1.54, 1.807) is 18.2 Å². The van der Waals surface area contributed by atoms with Crippen LogP contribution in [-0.4, -0.2) is 36.2 Å². The SMILES string of the molecule is COc1ccc(C[C@H](NC(=O)[C@H](O)CC(C)C)C(N)=O)cc1Cl. The summed E-state index contributed by atoms with van der Waals surface area (Å²) in [6.07, 6.45) is -0.679. The number of benzene rings is 1. The molecule has 0 aliphatic carbocycles. The van der Waals surface area contributed by atoms with Gasteiger partial charge >= 0.3 is 0 Å². The Bertz CT molecular complexity index is 563.